The van der Waals surface area contributed by atoms with E-state index in [9.17, 15) is 30.0 Å². The molecule has 11 heteroatoms. The van der Waals surface area contributed by atoms with Crippen molar-refractivity contribution in [3.63, 3.8) is 0 Å². The predicted molar refractivity (Wildman–Crippen MR) is 143 cm³/mol. The van der Waals surface area contributed by atoms with E-state index in [0.29, 0.717) is 6.42 Å². The zero-order valence-electron chi connectivity index (χ0n) is 23.8. The SMILES string of the molecule is CO[C@@H]1C(O[C@@H]2O[C@H](C)[C@@H](O)[C@H](N(C)C)[C@H]2O)[C@@H](CC=O)C[C@@H](C)/C=C\C=C\[C@@H](O)C[C@@H](C)OC(=O)C[C@H]1O. The highest BCUT2D eigenvalue weighted by molar-refractivity contribution is 5.70. The number of cyclic esters (lactones) is 1. The number of aliphatic hydroxyl groups excluding tert-OH is 4. The Bertz CT molecular complexity index is 820. The van der Waals surface area contributed by atoms with Crippen molar-refractivity contribution >= 4 is 12.3 Å². The van der Waals surface area contributed by atoms with Gasteiger partial charge in [0.25, 0.3) is 0 Å². The topological polar surface area (TPSA) is 155 Å². The number of aliphatic hydroxyl groups is 4. The van der Waals surface area contributed by atoms with E-state index in [1.54, 1.807) is 51.1 Å². The quantitative estimate of drug-likeness (QED) is 0.268. The van der Waals surface area contributed by atoms with Crippen LogP contribution >= 0.6 is 0 Å². The summed E-state index contributed by atoms with van der Waals surface area (Å²) in [4.78, 5) is 26.1. The number of rotatable bonds is 6. The highest BCUT2D eigenvalue weighted by Crippen LogP contribution is 2.32. The van der Waals surface area contributed by atoms with E-state index in [-0.39, 0.29) is 18.8 Å². The van der Waals surface area contributed by atoms with Crippen LogP contribution in [0.1, 0.15) is 46.5 Å². The molecule has 11 nitrogen and oxygen atoms in total. The second-order valence-electron chi connectivity index (χ2n) is 11.0. The van der Waals surface area contributed by atoms with Crippen LogP contribution in [-0.2, 0) is 28.5 Å². The molecule has 0 bridgehead atoms. The molecular formula is C28H47NO10. The smallest absolute Gasteiger partial charge is 0.308 e. The van der Waals surface area contributed by atoms with Crippen molar-refractivity contribution in [3.8, 4) is 0 Å². The molecule has 0 radical (unpaired) electrons. The fourth-order valence-electron chi connectivity index (χ4n) is 5.38. The maximum Gasteiger partial charge on any atom is 0.308 e. The van der Waals surface area contributed by atoms with Crippen molar-refractivity contribution in [2.75, 3.05) is 21.2 Å². The molecule has 4 N–H and O–H groups in total. The fourth-order valence-corrected chi connectivity index (χ4v) is 5.38. The number of ether oxygens (including phenoxy) is 4. The molecule has 0 spiro atoms. The summed E-state index contributed by atoms with van der Waals surface area (Å²) in [6.07, 6.45) is -0.852. The Morgan fingerprint density at radius 3 is 2.31 bits per heavy atom. The molecule has 0 saturated carbocycles. The molecule has 1 unspecified atom stereocenters. The van der Waals surface area contributed by atoms with E-state index >= 15 is 0 Å². The van der Waals surface area contributed by atoms with Crippen LogP contribution < -0.4 is 0 Å². The van der Waals surface area contributed by atoms with Crippen LogP contribution in [0.25, 0.3) is 0 Å². The van der Waals surface area contributed by atoms with Crippen LogP contribution in [0.5, 0.6) is 0 Å². The number of aldehydes is 1. The third-order valence-corrected chi connectivity index (χ3v) is 7.38. The average Bonchev–Trinajstić information content (AvgIpc) is 2.83. The lowest BCUT2D eigenvalue weighted by Crippen LogP contribution is -2.63. The minimum Gasteiger partial charge on any atom is -0.462 e. The summed E-state index contributed by atoms with van der Waals surface area (Å²) < 4.78 is 23.2. The first-order chi connectivity index (χ1) is 18.4. The number of esters is 1. The van der Waals surface area contributed by atoms with Gasteiger partial charge in [0.1, 0.15) is 24.6 Å². The van der Waals surface area contributed by atoms with E-state index in [1.807, 2.05) is 13.0 Å². The minimum atomic E-state index is -1.37. The van der Waals surface area contributed by atoms with Gasteiger partial charge in [-0.2, -0.15) is 0 Å². The van der Waals surface area contributed by atoms with Gasteiger partial charge in [0.05, 0.1) is 43.0 Å². The number of methoxy groups -OCH3 is 1. The number of nitrogens with zero attached hydrogens (tertiary/aromatic N) is 1. The first kappa shape index (κ1) is 33.5. The van der Waals surface area contributed by atoms with Gasteiger partial charge in [-0.15, -0.1) is 0 Å². The average molecular weight is 558 g/mol. The van der Waals surface area contributed by atoms with Crippen molar-refractivity contribution in [1.29, 1.82) is 0 Å². The van der Waals surface area contributed by atoms with Gasteiger partial charge in [-0.25, -0.2) is 0 Å². The number of hydrogen-bond acceptors (Lipinski definition) is 11. The largest absolute Gasteiger partial charge is 0.462 e. The lowest BCUT2D eigenvalue weighted by molar-refractivity contribution is -0.309. The van der Waals surface area contributed by atoms with Crippen LogP contribution in [0.3, 0.4) is 0 Å². The first-order valence-corrected chi connectivity index (χ1v) is 13.6. The van der Waals surface area contributed by atoms with Crippen LogP contribution in [0, 0.1) is 11.8 Å². The fraction of sp³-hybridized carbons (Fsp3) is 0.786. The first-order valence-electron chi connectivity index (χ1n) is 13.6. The molecule has 0 aromatic rings. The summed E-state index contributed by atoms with van der Waals surface area (Å²) in [5, 5.41) is 43.0. The molecule has 12 atom stereocenters. The summed E-state index contributed by atoms with van der Waals surface area (Å²) in [5.74, 6) is -1.21. The van der Waals surface area contributed by atoms with Crippen molar-refractivity contribution in [1.82, 2.24) is 4.90 Å². The molecule has 0 aliphatic carbocycles. The molecule has 0 aromatic heterocycles. The van der Waals surface area contributed by atoms with Crippen LogP contribution in [0.4, 0.5) is 0 Å². The molecule has 39 heavy (non-hydrogen) atoms. The molecule has 0 amide bonds. The second kappa shape index (κ2) is 15.9. The highest BCUT2D eigenvalue weighted by atomic mass is 16.7. The highest BCUT2D eigenvalue weighted by Gasteiger charge is 2.47. The zero-order valence-corrected chi connectivity index (χ0v) is 23.8. The molecule has 1 fully saturated rings. The number of allylic oxidation sites excluding steroid dienone is 3. The Hall–Kier alpha value is -1.70. The summed E-state index contributed by atoms with van der Waals surface area (Å²) >= 11 is 0. The number of carbonyl (C=O) groups is 2. The van der Waals surface area contributed by atoms with E-state index in [4.69, 9.17) is 18.9 Å². The van der Waals surface area contributed by atoms with E-state index < -0.39 is 79.5 Å². The molecule has 2 heterocycles. The van der Waals surface area contributed by atoms with Gasteiger partial charge < -0.3 is 49.1 Å². The summed E-state index contributed by atoms with van der Waals surface area (Å²) in [6.45, 7) is 5.28. The number of hydrogen-bond donors (Lipinski definition) is 4. The molecule has 0 aromatic carbocycles. The Morgan fingerprint density at radius 1 is 1.03 bits per heavy atom. The molecule has 224 valence electrons. The van der Waals surface area contributed by atoms with Crippen molar-refractivity contribution in [2.45, 2.75) is 108 Å². The van der Waals surface area contributed by atoms with Gasteiger partial charge in [-0.1, -0.05) is 31.2 Å². The van der Waals surface area contributed by atoms with E-state index in [0.717, 1.165) is 6.29 Å². The Morgan fingerprint density at radius 2 is 1.69 bits per heavy atom. The molecule has 2 aliphatic heterocycles. The van der Waals surface area contributed by atoms with Gasteiger partial charge in [0.2, 0.25) is 0 Å². The van der Waals surface area contributed by atoms with E-state index in [2.05, 4.69) is 0 Å². The van der Waals surface area contributed by atoms with Crippen LogP contribution in [0.2, 0.25) is 0 Å². The predicted octanol–water partition coefficient (Wildman–Crippen LogP) is 0.575. The Labute approximate surface area is 231 Å². The summed E-state index contributed by atoms with van der Waals surface area (Å²) in [6, 6.07) is -0.694. The Kier molecular flexibility index (Phi) is 13.7. The van der Waals surface area contributed by atoms with Gasteiger partial charge in [0, 0.05) is 20.0 Å². The number of carbonyl (C=O) groups excluding carboxylic acids is 2. The van der Waals surface area contributed by atoms with Crippen molar-refractivity contribution in [2.24, 2.45) is 11.8 Å². The maximum absolute atomic E-state index is 12.6. The lowest BCUT2D eigenvalue weighted by atomic mass is 9.84. The Balaban J connectivity index is 2.46. The van der Waals surface area contributed by atoms with Crippen molar-refractivity contribution in [3.05, 3.63) is 24.3 Å². The molecule has 2 rings (SSSR count). The maximum atomic E-state index is 12.6. The molecular weight excluding hydrogens is 510 g/mol. The second-order valence-corrected chi connectivity index (χ2v) is 11.0. The van der Waals surface area contributed by atoms with Gasteiger partial charge in [0.15, 0.2) is 6.29 Å². The zero-order chi connectivity index (χ0) is 29.3. The minimum absolute atomic E-state index is 0.0400. The van der Waals surface area contributed by atoms with Gasteiger partial charge in [-0.3, -0.25) is 4.79 Å². The van der Waals surface area contributed by atoms with Crippen LogP contribution in [0.15, 0.2) is 24.3 Å². The summed E-state index contributed by atoms with van der Waals surface area (Å²) in [5.41, 5.74) is 0. The molecule has 2 aliphatic rings. The lowest BCUT2D eigenvalue weighted by Gasteiger charge is -2.46. The molecule has 1 saturated heterocycles. The summed E-state index contributed by atoms with van der Waals surface area (Å²) in [7, 11) is 4.82. The van der Waals surface area contributed by atoms with Gasteiger partial charge in [-0.05, 0) is 46.2 Å². The normalized spacial score (nSPS) is 43.0. The monoisotopic (exact) mass is 557 g/mol. The van der Waals surface area contributed by atoms with Crippen molar-refractivity contribution < 1.29 is 49.0 Å². The third-order valence-electron chi connectivity index (χ3n) is 7.38. The number of likely N-dealkylation sites (N-methyl/N-ethyl adjacent to an activating group) is 1. The van der Waals surface area contributed by atoms with Crippen LogP contribution in [-0.4, -0.2) is 120 Å². The van der Waals surface area contributed by atoms with Gasteiger partial charge >= 0.3 is 5.97 Å². The van der Waals surface area contributed by atoms with E-state index in [1.165, 1.54) is 7.11 Å². The third kappa shape index (κ3) is 9.72. The standard InChI is InChI=1S/C28H47NO10/c1-16-9-7-8-10-20(31)14-17(2)37-22(33)15-21(32)27(36-6)26(19(13-16)11-12-30)39-28-25(35)23(29(4)5)24(34)18(3)38-28/h7-10,12,16-21,23-28,31-32,34-35H,11,13-15H2,1-6H3/b9-7-,10-8+/t16-,17+,18+,19-,20+,21+,23-,24+,25+,26?,27-,28-/m0/s1.